The monoisotopic (exact) mass is 457 g/mol. The summed E-state index contributed by atoms with van der Waals surface area (Å²) in [6.45, 7) is 2.64. The van der Waals surface area contributed by atoms with Gasteiger partial charge in [0.1, 0.15) is 17.3 Å². The van der Waals surface area contributed by atoms with Crippen LogP contribution in [0.1, 0.15) is 5.56 Å². The molecular formula is C27H24FN3O3. The quantitative estimate of drug-likeness (QED) is 0.544. The van der Waals surface area contributed by atoms with Gasteiger partial charge in [0.15, 0.2) is 0 Å². The second kappa shape index (κ2) is 9.02. The molecule has 0 spiro atoms. The van der Waals surface area contributed by atoms with Crippen LogP contribution in [0.15, 0.2) is 84.6 Å². The molecule has 34 heavy (non-hydrogen) atoms. The van der Waals surface area contributed by atoms with Crippen molar-refractivity contribution >= 4 is 28.8 Å². The van der Waals surface area contributed by atoms with Crippen LogP contribution in [0, 0.1) is 5.82 Å². The fourth-order valence-corrected chi connectivity index (χ4v) is 4.48. The lowest BCUT2D eigenvalue weighted by Gasteiger charge is -2.37. The lowest BCUT2D eigenvalue weighted by Crippen LogP contribution is -2.47. The van der Waals surface area contributed by atoms with Gasteiger partial charge in [0.2, 0.25) is 0 Å². The Balaban J connectivity index is 1.50. The number of piperazine rings is 1. The van der Waals surface area contributed by atoms with Gasteiger partial charge in [0, 0.05) is 31.9 Å². The fourth-order valence-electron chi connectivity index (χ4n) is 4.48. The van der Waals surface area contributed by atoms with Gasteiger partial charge in [-0.15, -0.1) is 0 Å². The average Bonchev–Trinajstić information content (AvgIpc) is 3.15. The Morgan fingerprint density at radius 3 is 1.94 bits per heavy atom. The summed E-state index contributed by atoms with van der Waals surface area (Å²) in [5, 5.41) is 0. The van der Waals surface area contributed by atoms with Gasteiger partial charge >= 0.3 is 0 Å². The highest BCUT2D eigenvalue weighted by molar-refractivity contribution is 6.45. The second-order valence-electron chi connectivity index (χ2n) is 8.18. The molecule has 0 atom stereocenters. The lowest BCUT2D eigenvalue weighted by molar-refractivity contribution is -0.120. The van der Waals surface area contributed by atoms with Gasteiger partial charge in [0.05, 0.1) is 18.4 Å². The number of nitrogens with zero attached hydrogens (tertiary/aromatic N) is 3. The van der Waals surface area contributed by atoms with Crippen LogP contribution in [0.25, 0.3) is 5.57 Å². The highest BCUT2D eigenvalue weighted by atomic mass is 19.1. The molecule has 2 aliphatic rings. The van der Waals surface area contributed by atoms with E-state index in [2.05, 4.69) is 17.0 Å². The maximum atomic E-state index is 13.6. The molecule has 0 aromatic heterocycles. The normalized spacial score (nSPS) is 16.5. The third-order valence-corrected chi connectivity index (χ3v) is 6.24. The maximum Gasteiger partial charge on any atom is 0.282 e. The number of rotatable bonds is 5. The van der Waals surface area contributed by atoms with Crippen molar-refractivity contribution in [1.29, 1.82) is 0 Å². The molecule has 1 saturated heterocycles. The fraction of sp³-hybridized carbons (Fsp3) is 0.185. The van der Waals surface area contributed by atoms with E-state index >= 15 is 0 Å². The van der Waals surface area contributed by atoms with Gasteiger partial charge in [-0.25, -0.2) is 9.29 Å². The van der Waals surface area contributed by atoms with E-state index in [0.717, 1.165) is 23.7 Å². The zero-order chi connectivity index (χ0) is 23.7. The van der Waals surface area contributed by atoms with Gasteiger partial charge in [-0.05, 0) is 54.1 Å². The highest BCUT2D eigenvalue weighted by Crippen LogP contribution is 2.36. The molecule has 0 N–H and O–H groups in total. The van der Waals surface area contributed by atoms with Crippen molar-refractivity contribution in [2.45, 2.75) is 0 Å². The van der Waals surface area contributed by atoms with Crippen molar-refractivity contribution < 1.29 is 18.7 Å². The Morgan fingerprint density at radius 2 is 1.32 bits per heavy atom. The van der Waals surface area contributed by atoms with Gasteiger partial charge < -0.3 is 14.5 Å². The number of methoxy groups -OCH3 is 1. The standard InChI is InChI=1S/C27H24FN3O3/c1-34-23-13-7-19(8-14-23)24-25(27(33)31(26(24)32)22-11-9-20(28)10-12-22)30-17-15-29(16-18-30)21-5-3-2-4-6-21/h2-14H,15-18H2,1H3. The summed E-state index contributed by atoms with van der Waals surface area (Å²) in [6, 6.07) is 22.6. The van der Waals surface area contributed by atoms with E-state index in [1.807, 2.05) is 23.1 Å². The summed E-state index contributed by atoms with van der Waals surface area (Å²) in [4.78, 5) is 32.6. The highest BCUT2D eigenvalue weighted by Gasteiger charge is 2.43. The maximum absolute atomic E-state index is 13.6. The van der Waals surface area contributed by atoms with Crippen LogP contribution in [-0.2, 0) is 9.59 Å². The van der Waals surface area contributed by atoms with Crippen molar-refractivity contribution in [3.8, 4) is 5.75 Å². The van der Waals surface area contributed by atoms with Crippen LogP contribution in [0.5, 0.6) is 5.75 Å². The molecule has 3 aromatic carbocycles. The number of para-hydroxylation sites is 1. The van der Waals surface area contributed by atoms with Crippen molar-refractivity contribution in [1.82, 2.24) is 4.90 Å². The van der Waals surface area contributed by atoms with E-state index in [1.54, 1.807) is 31.4 Å². The molecule has 7 heteroatoms. The second-order valence-corrected chi connectivity index (χ2v) is 8.18. The van der Waals surface area contributed by atoms with E-state index in [9.17, 15) is 14.0 Å². The van der Waals surface area contributed by atoms with Crippen molar-refractivity contribution in [2.75, 3.05) is 43.1 Å². The van der Waals surface area contributed by atoms with Gasteiger partial charge in [-0.3, -0.25) is 9.59 Å². The molecule has 6 nitrogen and oxygen atoms in total. The van der Waals surface area contributed by atoms with Crippen LogP contribution < -0.4 is 14.5 Å². The number of hydrogen-bond donors (Lipinski definition) is 0. The van der Waals surface area contributed by atoms with Crippen LogP contribution in [0.3, 0.4) is 0 Å². The first-order valence-corrected chi connectivity index (χ1v) is 11.1. The number of amides is 2. The number of ether oxygens (including phenoxy) is 1. The average molecular weight is 458 g/mol. The molecule has 2 aliphatic heterocycles. The minimum absolute atomic E-state index is 0.348. The molecule has 2 amide bonds. The summed E-state index contributed by atoms with van der Waals surface area (Å²) >= 11 is 0. The van der Waals surface area contributed by atoms with Gasteiger partial charge in [-0.2, -0.15) is 0 Å². The third-order valence-electron chi connectivity index (χ3n) is 6.24. The van der Waals surface area contributed by atoms with Crippen molar-refractivity contribution in [3.63, 3.8) is 0 Å². The van der Waals surface area contributed by atoms with Crippen LogP contribution in [0.4, 0.5) is 15.8 Å². The minimum atomic E-state index is -0.427. The predicted octanol–water partition coefficient (Wildman–Crippen LogP) is 3.94. The van der Waals surface area contributed by atoms with Crippen LogP contribution in [0.2, 0.25) is 0 Å². The Hall–Kier alpha value is -4.13. The number of hydrogen-bond acceptors (Lipinski definition) is 5. The molecule has 0 unspecified atom stereocenters. The van der Waals surface area contributed by atoms with Crippen molar-refractivity contribution in [2.24, 2.45) is 0 Å². The molecule has 2 heterocycles. The molecule has 172 valence electrons. The molecule has 0 saturated carbocycles. The molecule has 5 rings (SSSR count). The van der Waals surface area contributed by atoms with Gasteiger partial charge in [0.25, 0.3) is 11.8 Å². The van der Waals surface area contributed by atoms with E-state index < -0.39 is 17.6 Å². The van der Waals surface area contributed by atoms with Crippen LogP contribution >= 0.6 is 0 Å². The molecule has 0 bridgehead atoms. The summed E-state index contributed by atoms with van der Waals surface area (Å²) < 4.78 is 18.8. The minimum Gasteiger partial charge on any atom is -0.497 e. The van der Waals surface area contributed by atoms with Gasteiger partial charge in [-0.1, -0.05) is 30.3 Å². The topological polar surface area (TPSA) is 53.1 Å². The SMILES string of the molecule is COc1ccc(C2=C(N3CCN(c4ccccc4)CC3)C(=O)N(c3ccc(F)cc3)C2=O)cc1. The smallest absolute Gasteiger partial charge is 0.282 e. The van der Waals surface area contributed by atoms with E-state index in [0.29, 0.717) is 41.4 Å². The first-order chi connectivity index (χ1) is 16.6. The Morgan fingerprint density at radius 1 is 0.706 bits per heavy atom. The summed E-state index contributed by atoms with van der Waals surface area (Å²) in [7, 11) is 1.58. The first kappa shape index (κ1) is 21.7. The molecule has 3 aromatic rings. The first-order valence-electron chi connectivity index (χ1n) is 11.1. The van der Waals surface area contributed by atoms with E-state index in [1.165, 1.54) is 24.3 Å². The Kier molecular flexibility index (Phi) is 5.76. The van der Waals surface area contributed by atoms with E-state index in [-0.39, 0.29) is 0 Å². The number of benzene rings is 3. The number of carbonyl (C=O) groups excluding carboxylic acids is 2. The molecule has 0 aliphatic carbocycles. The zero-order valence-corrected chi connectivity index (χ0v) is 18.8. The Bertz CT molecular complexity index is 1230. The zero-order valence-electron chi connectivity index (χ0n) is 18.8. The number of carbonyl (C=O) groups is 2. The van der Waals surface area contributed by atoms with Crippen LogP contribution in [-0.4, -0.2) is 50.0 Å². The predicted molar refractivity (Wildman–Crippen MR) is 129 cm³/mol. The summed E-state index contributed by atoms with van der Waals surface area (Å²) in [6.07, 6.45) is 0. The number of halogens is 1. The number of anilines is 2. The Labute approximate surface area is 197 Å². The molecule has 0 radical (unpaired) electrons. The molecular weight excluding hydrogens is 433 g/mol. The molecule has 1 fully saturated rings. The lowest BCUT2D eigenvalue weighted by atomic mass is 10.0. The summed E-state index contributed by atoms with van der Waals surface area (Å²) in [5.41, 5.74) is 2.86. The third kappa shape index (κ3) is 3.90. The largest absolute Gasteiger partial charge is 0.497 e. The summed E-state index contributed by atoms with van der Waals surface area (Å²) in [5.74, 6) is -0.573. The number of imide groups is 1. The van der Waals surface area contributed by atoms with Crippen molar-refractivity contribution in [3.05, 3.63) is 95.9 Å². The van der Waals surface area contributed by atoms with E-state index in [4.69, 9.17) is 4.74 Å².